The first kappa shape index (κ1) is 15.9. The molecule has 0 amide bonds. The standard InChI is InChI=1S/C16H15BrF3N/c1-10-8-14(6-7-15(10)17)21-11(2)12-4-3-5-13(9-12)16(18,19)20/h3-9,11,21H,1-2H3. The number of halogens is 4. The van der Waals surface area contributed by atoms with Gasteiger partial charge in [0, 0.05) is 16.2 Å². The average Bonchev–Trinajstić information content (AvgIpc) is 2.42. The van der Waals surface area contributed by atoms with Crippen LogP contribution in [-0.4, -0.2) is 0 Å². The number of alkyl halides is 3. The van der Waals surface area contributed by atoms with Crippen LogP contribution >= 0.6 is 15.9 Å². The topological polar surface area (TPSA) is 12.0 Å². The molecule has 2 aromatic rings. The van der Waals surface area contributed by atoms with E-state index in [1.54, 1.807) is 6.07 Å². The second-order valence-electron chi connectivity index (χ2n) is 4.95. The fourth-order valence-electron chi connectivity index (χ4n) is 2.05. The minimum absolute atomic E-state index is 0.215. The maximum Gasteiger partial charge on any atom is 0.416 e. The smallest absolute Gasteiger partial charge is 0.379 e. The summed E-state index contributed by atoms with van der Waals surface area (Å²) >= 11 is 3.42. The normalized spacial score (nSPS) is 13.0. The van der Waals surface area contributed by atoms with E-state index in [0.717, 1.165) is 21.8 Å². The molecule has 0 saturated heterocycles. The molecule has 1 nitrogen and oxygen atoms in total. The van der Waals surface area contributed by atoms with Crippen molar-refractivity contribution < 1.29 is 13.2 Å². The van der Waals surface area contributed by atoms with Crippen molar-refractivity contribution in [1.29, 1.82) is 0 Å². The second-order valence-corrected chi connectivity index (χ2v) is 5.81. The van der Waals surface area contributed by atoms with Crippen molar-refractivity contribution in [3.63, 3.8) is 0 Å². The van der Waals surface area contributed by atoms with E-state index in [4.69, 9.17) is 0 Å². The molecule has 2 aromatic carbocycles. The molecule has 1 atom stereocenters. The first-order valence-corrected chi connectivity index (χ1v) is 7.26. The van der Waals surface area contributed by atoms with Crippen molar-refractivity contribution in [2.75, 3.05) is 5.32 Å². The van der Waals surface area contributed by atoms with Crippen LogP contribution in [0, 0.1) is 6.92 Å². The summed E-state index contributed by atoms with van der Waals surface area (Å²) in [6.07, 6.45) is -4.32. The predicted molar refractivity (Wildman–Crippen MR) is 82.4 cm³/mol. The van der Waals surface area contributed by atoms with Gasteiger partial charge in [-0.3, -0.25) is 0 Å². The number of rotatable bonds is 3. The molecule has 0 aromatic heterocycles. The number of hydrogen-bond acceptors (Lipinski definition) is 1. The van der Waals surface area contributed by atoms with E-state index in [1.165, 1.54) is 12.1 Å². The summed E-state index contributed by atoms with van der Waals surface area (Å²) in [6.45, 7) is 3.80. The van der Waals surface area contributed by atoms with Crippen molar-refractivity contribution in [3.8, 4) is 0 Å². The van der Waals surface area contributed by atoms with E-state index in [1.807, 2.05) is 32.0 Å². The lowest BCUT2D eigenvalue weighted by atomic mass is 10.0. The van der Waals surface area contributed by atoms with Gasteiger partial charge in [-0.25, -0.2) is 0 Å². The zero-order valence-electron chi connectivity index (χ0n) is 11.6. The third-order valence-corrected chi connectivity index (χ3v) is 4.14. The summed E-state index contributed by atoms with van der Waals surface area (Å²) in [5, 5.41) is 3.22. The fourth-order valence-corrected chi connectivity index (χ4v) is 2.30. The third-order valence-electron chi connectivity index (χ3n) is 3.26. The Bertz CT molecular complexity index is 638. The Kier molecular flexibility index (Phi) is 4.61. The molecule has 0 aliphatic heterocycles. The summed E-state index contributed by atoms with van der Waals surface area (Å²) in [6, 6.07) is 10.9. The Hall–Kier alpha value is -1.49. The van der Waals surface area contributed by atoms with E-state index < -0.39 is 11.7 Å². The van der Waals surface area contributed by atoms with E-state index in [0.29, 0.717) is 5.56 Å². The fraction of sp³-hybridized carbons (Fsp3) is 0.250. The molecule has 0 bridgehead atoms. The Morgan fingerprint density at radius 1 is 1.10 bits per heavy atom. The highest BCUT2D eigenvalue weighted by Crippen LogP contribution is 2.31. The van der Waals surface area contributed by atoms with Crippen LogP contribution in [0.1, 0.15) is 29.7 Å². The summed E-state index contributed by atoms with van der Waals surface area (Å²) in [5.74, 6) is 0. The molecule has 2 rings (SSSR count). The van der Waals surface area contributed by atoms with Crippen LogP contribution in [0.4, 0.5) is 18.9 Å². The van der Waals surface area contributed by atoms with E-state index >= 15 is 0 Å². The zero-order valence-corrected chi connectivity index (χ0v) is 13.2. The van der Waals surface area contributed by atoms with E-state index in [9.17, 15) is 13.2 Å². The quantitative estimate of drug-likeness (QED) is 0.715. The van der Waals surface area contributed by atoms with E-state index in [2.05, 4.69) is 21.2 Å². The highest BCUT2D eigenvalue weighted by Gasteiger charge is 2.30. The van der Waals surface area contributed by atoms with Gasteiger partial charge in [0.05, 0.1) is 5.56 Å². The summed E-state index contributed by atoms with van der Waals surface area (Å²) < 4.78 is 39.2. The second kappa shape index (κ2) is 6.10. The maximum atomic E-state index is 12.7. The molecular weight excluding hydrogens is 343 g/mol. The molecule has 0 radical (unpaired) electrons. The van der Waals surface area contributed by atoms with Crippen LogP contribution in [0.25, 0.3) is 0 Å². The monoisotopic (exact) mass is 357 g/mol. The predicted octanol–water partition coefficient (Wildman–Crippen LogP) is 5.95. The average molecular weight is 358 g/mol. The van der Waals surface area contributed by atoms with Crippen LogP contribution in [0.3, 0.4) is 0 Å². The number of benzene rings is 2. The van der Waals surface area contributed by atoms with Gasteiger partial charge in [0.1, 0.15) is 0 Å². The molecule has 0 spiro atoms. The van der Waals surface area contributed by atoms with Crippen molar-refractivity contribution in [2.24, 2.45) is 0 Å². The third kappa shape index (κ3) is 4.00. The number of nitrogens with one attached hydrogen (secondary N) is 1. The molecule has 112 valence electrons. The molecule has 0 fully saturated rings. The summed E-state index contributed by atoms with van der Waals surface area (Å²) in [7, 11) is 0. The van der Waals surface area contributed by atoms with Gasteiger partial charge >= 0.3 is 6.18 Å². The highest BCUT2D eigenvalue weighted by atomic mass is 79.9. The zero-order chi connectivity index (χ0) is 15.6. The maximum absolute atomic E-state index is 12.7. The molecule has 0 aliphatic carbocycles. The van der Waals surface area contributed by atoms with Gasteiger partial charge in [-0.05, 0) is 55.3 Å². The number of anilines is 1. The van der Waals surface area contributed by atoms with Gasteiger partial charge in [-0.1, -0.05) is 28.1 Å². The van der Waals surface area contributed by atoms with Gasteiger partial charge in [0.15, 0.2) is 0 Å². The molecule has 21 heavy (non-hydrogen) atoms. The largest absolute Gasteiger partial charge is 0.416 e. The van der Waals surface area contributed by atoms with Crippen molar-refractivity contribution >= 4 is 21.6 Å². The lowest BCUT2D eigenvalue weighted by molar-refractivity contribution is -0.137. The van der Waals surface area contributed by atoms with Gasteiger partial charge in [-0.15, -0.1) is 0 Å². The Morgan fingerprint density at radius 2 is 1.81 bits per heavy atom. The van der Waals surface area contributed by atoms with E-state index in [-0.39, 0.29) is 6.04 Å². The van der Waals surface area contributed by atoms with Crippen molar-refractivity contribution in [1.82, 2.24) is 0 Å². The SMILES string of the molecule is Cc1cc(NC(C)c2cccc(C(F)(F)F)c2)ccc1Br. The minimum atomic E-state index is -4.32. The molecule has 5 heteroatoms. The van der Waals surface area contributed by atoms with Crippen LogP contribution in [0.15, 0.2) is 46.9 Å². The van der Waals surface area contributed by atoms with Gasteiger partial charge < -0.3 is 5.32 Å². The number of aryl methyl sites for hydroxylation is 1. The Labute approximate surface area is 130 Å². The number of hydrogen-bond donors (Lipinski definition) is 1. The summed E-state index contributed by atoms with van der Waals surface area (Å²) in [4.78, 5) is 0. The van der Waals surface area contributed by atoms with Crippen LogP contribution in [-0.2, 0) is 6.18 Å². The molecular formula is C16H15BrF3N. The molecule has 0 saturated carbocycles. The Morgan fingerprint density at radius 3 is 2.43 bits per heavy atom. The summed E-state index contributed by atoms with van der Waals surface area (Å²) in [5.41, 5.74) is 1.92. The molecule has 1 N–H and O–H groups in total. The first-order chi connectivity index (χ1) is 9.77. The Balaban J connectivity index is 2.20. The van der Waals surface area contributed by atoms with Crippen LogP contribution in [0.5, 0.6) is 0 Å². The van der Waals surface area contributed by atoms with Gasteiger partial charge in [0.2, 0.25) is 0 Å². The lowest BCUT2D eigenvalue weighted by Crippen LogP contribution is -2.10. The van der Waals surface area contributed by atoms with Crippen LogP contribution < -0.4 is 5.32 Å². The highest BCUT2D eigenvalue weighted by molar-refractivity contribution is 9.10. The van der Waals surface area contributed by atoms with Gasteiger partial charge in [0.25, 0.3) is 0 Å². The van der Waals surface area contributed by atoms with Crippen LogP contribution in [0.2, 0.25) is 0 Å². The van der Waals surface area contributed by atoms with Crippen molar-refractivity contribution in [3.05, 3.63) is 63.6 Å². The molecule has 0 heterocycles. The first-order valence-electron chi connectivity index (χ1n) is 6.47. The lowest BCUT2D eigenvalue weighted by Gasteiger charge is -2.18. The molecule has 0 aliphatic rings. The van der Waals surface area contributed by atoms with Crippen molar-refractivity contribution in [2.45, 2.75) is 26.1 Å². The van der Waals surface area contributed by atoms with Gasteiger partial charge in [-0.2, -0.15) is 13.2 Å². The molecule has 1 unspecified atom stereocenters. The minimum Gasteiger partial charge on any atom is -0.379 e.